The molecule has 16 heavy (non-hydrogen) atoms. The number of nitrogens with zero attached hydrogens (tertiary/aromatic N) is 1. The highest BCUT2D eigenvalue weighted by molar-refractivity contribution is 9.10. The Morgan fingerprint density at radius 2 is 2.19 bits per heavy atom. The van der Waals surface area contributed by atoms with Crippen LogP contribution in [0.25, 0.3) is 0 Å². The SMILES string of the molecule is Cc1cc(C(=O)N(C)CC(C)O)ccc1Br. The Morgan fingerprint density at radius 3 is 2.69 bits per heavy atom. The lowest BCUT2D eigenvalue weighted by Gasteiger charge is -2.19. The van der Waals surface area contributed by atoms with E-state index in [0.717, 1.165) is 10.0 Å². The van der Waals surface area contributed by atoms with Gasteiger partial charge in [0.1, 0.15) is 0 Å². The summed E-state index contributed by atoms with van der Waals surface area (Å²) in [7, 11) is 1.69. The van der Waals surface area contributed by atoms with E-state index in [0.29, 0.717) is 12.1 Å². The fourth-order valence-electron chi connectivity index (χ4n) is 1.48. The molecule has 1 N–H and O–H groups in total. The fraction of sp³-hybridized carbons (Fsp3) is 0.417. The van der Waals surface area contributed by atoms with E-state index in [4.69, 9.17) is 0 Å². The molecule has 0 radical (unpaired) electrons. The second-order valence-corrected chi connectivity index (χ2v) is 4.85. The maximum atomic E-state index is 11.9. The van der Waals surface area contributed by atoms with Crippen LogP contribution in [0.2, 0.25) is 0 Å². The molecule has 1 aromatic carbocycles. The second kappa shape index (κ2) is 5.46. The van der Waals surface area contributed by atoms with E-state index in [9.17, 15) is 9.90 Å². The van der Waals surface area contributed by atoms with Crippen LogP contribution in [0, 0.1) is 6.92 Å². The Bertz CT molecular complexity index is 391. The Hall–Kier alpha value is -0.870. The van der Waals surface area contributed by atoms with E-state index in [2.05, 4.69) is 15.9 Å². The molecule has 0 heterocycles. The van der Waals surface area contributed by atoms with E-state index < -0.39 is 6.10 Å². The maximum Gasteiger partial charge on any atom is 0.253 e. The standard InChI is InChI=1S/C12H16BrNO2/c1-8-6-10(4-5-11(8)13)12(16)14(3)7-9(2)15/h4-6,9,15H,7H2,1-3H3. The first-order valence-electron chi connectivity index (χ1n) is 5.11. The molecular formula is C12H16BrNO2. The molecule has 3 nitrogen and oxygen atoms in total. The molecule has 0 aliphatic carbocycles. The lowest BCUT2D eigenvalue weighted by molar-refractivity contribution is 0.0703. The summed E-state index contributed by atoms with van der Waals surface area (Å²) in [5.41, 5.74) is 1.67. The highest BCUT2D eigenvalue weighted by atomic mass is 79.9. The zero-order chi connectivity index (χ0) is 12.3. The zero-order valence-corrected chi connectivity index (χ0v) is 11.3. The smallest absolute Gasteiger partial charge is 0.253 e. The van der Waals surface area contributed by atoms with Crippen molar-refractivity contribution in [2.75, 3.05) is 13.6 Å². The Kier molecular flexibility index (Phi) is 4.50. The number of aliphatic hydroxyl groups excluding tert-OH is 1. The first-order valence-corrected chi connectivity index (χ1v) is 5.90. The lowest BCUT2D eigenvalue weighted by atomic mass is 10.1. The first-order chi connectivity index (χ1) is 7.41. The van der Waals surface area contributed by atoms with Crippen molar-refractivity contribution in [1.29, 1.82) is 0 Å². The number of aryl methyl sites for hydroxylation is 1. The molecule has 1 rings (SSSR count). The summed E-state index contributed by atoms with van der Waals surface area (Å²) in [6.07, 6.45) is -0.509. The van der Waals surface area contributed by atoms with Crippen LogP contribution in [0.15, 0.2) is 22.7 Å². The van der Waals surface area contributed by atoms with Crippen molar-refractivity contribution >= 4 is 21.8 Å². The summed E-state index contributed by atoms with van der Waals surface area (Å²) < 4.78 is 0.988. The highest BCUT2D eigenvalue weighted by Crippen LogP contribution is 2.17. The average Bonchev–Trinajstić information content (AvgIpc) is 2.20. The minimum absolute atomic E-state index is 0.0727. The van der Waals surface area contributed by atoms with Gasteiger partial charge in [0.25, 0.3) is 5.91 Å². The van der Waals surface area contributed by atoms with Crippen LogP contribution in [0.5, 0.6) is 0 Å². The molecule has 1 unspecified atom stereocenters. The third-order valence-electron chi connectivity index (χ3n) is 2.29. The van der Waals surface area contributed by atoms with Crippen molar-refractivity contribution < 1.29 is 9.90 Å². The van der Waals surface area contributed by atoms with Gasteiger partial charge in [-0.1, -0.05) is 15.9 Å². The van der Waals surface area contributed by atoms with Gasteiger partial charge < -0.3 is 10.0 Å². The zero-order valence-electron chi connectivity index (χ0n) is 9.70. The topological polar surface area (TPSA) is 40.5 Å². The molecule has 0 saturated carbocycles. The fourth-order valence-corrected chi connectivity index (χ4v) is 1.72. The van der Waals surface area contributed by atoms with Crippen LogP contribution in [-0.2, 0) is 0 Å². The van der Waals surface area contributed by atoms with E-state index in [1.165, 1.54) is 4.90 Å². The van der Waals surface area contributed by atoms with Crippen molar-refractivity contribution in [2.24, 2.45) is 0 Å². The van der Waals surface area contributed by atoms with Gasteiger partial charge in [-0.2, -0.15) is 0 Å². The molecule has 4 heteroatoms. The lowest BCUT2D eigenvalue weighted by Crippen LogP contribution is -2.33. The number of benzene rings is 1. The molecule has 1 amide bonds. The average molecular weight is 286 g/mol. The molecule has 0 aromatic heterocycles. The number of likely N-dealkylation sites (N-methyl/N-ethyl adjacent to an activating group) is 1. The van der Waals surface area contributed by atoms with Gasteiger partial charge in [0.05, 0.1) is 6.10 Å². The molecule has 1 atom stereocenters. The normalized spacial score (nSPS) is 12.3. The molecule has 0 aliphatic heterocycles. The number of hydrogen-bond donors (Lipinski definition) is 1. The minimum atomic E-state index is -0.509. The van der Waals surface area contributed by atoms with Gasteiger partial charge in [0.15, 0.2) is 0 Å². The van der Waals surface area contributed by atoms with Crippen LogP contribution < -0.4 is 0 Å². The van der Waals surface area contributed by atoms with E-state index in [1.807, 2.05) is 19.1 Å². The molecule has 0 aliphatic rings. The van der Waals surface area contributed by atoms with Gasteiger partial charge in [-0.15, -0.1) is 0 Å². The number of halogens is 1. The number of amides is 1. The Balaban J connectivity index is 2.84. The van der Waals surface area contributed by atoms with Gasteiger partial charge in [0.2, 0.25) is 0 Å². The van der Waals surface area contributed by atoms with Gasteiger partial charge in [0, 0.05) is 23.6 Å². The molecule has 1 aromatic rings. The van der Waals surface area contributed by atoms with E-state index >= 15 is 0 Å². The largest absolute Gasteiger partial charge is 0.392 e. The van der Waals surface area contributed by atoms with Gasteiger partial charge in [-0.3, -0.25) is 4.79 Å². The third-order valence-corrected chi connectivity index (χ3v) is 3.18. The minimum Gasteiger partial charge on any atom is -0.392 e. The molecule has 0 spiro atoms. The van der Waals surface area contributed by atoms with Crippen molar-refractivity contribution in [1.82, 2.24) is 4.90 Å². The van der Waals surface area contributed by atoms with Gasteiger partial charge in [-0.05, 0) is 37.6 Å². The molecule has 0 bridgehead atoms. The quantitative estimate of drug-likeness (QED) is 0.925. The monoisotopic (exact) mass is 285 g/mol. The van der Waals surface area contributed by atoms with Crippen molar-refractivity contribution in [2.45, 2.75) is 20.0 Å². The predicted octanol–water partition coefficient (Wildman–Crippen LogP) is 2.21. The van der Waals surface area contributed by atoms with Crippen molar-refractivity contribution in [3.8, 4) is 0 Å². The Morgan fingerprint density at radius 1 is 1.56 bits per heavy atom. The number of carbonyl (C=O) groups excluding carboxylic acids is 1. The number of aliphatic hydroxyl groups is 1. The number of carbonyl (C=O) groups is 1. The number of hydrogen-bond acceptors (Lipinski definition) is 2. The summed E-state index contributed by atoms with van der Waals surface area (Å²) in [6.45, 7) is 3.94. The number of rotatable bonds is 3. The van der Waals surface area contributed by atoms with E-state index in [1.54, 1.807) is 20.0 Å². The van der Waals surface area contributed by atoms with Crippen LogP contribution in [0.4, 0.5) is 0 Å². The summed E-state index contributed by atoms with van der Waals surface area (Å²) in [5, 5.41) is 9.22. The Labute approximate surface area is 104 Å². The molecular weight excluding hydrogens is 270 g/mol. The molecule has 88 valence electrons. The second-order valence-electron chi connectivity index (χ2n) is 4.00. The summed E-state index contributed by atoms with van der Waals surface area (Å²) >= 11 is 3.39. The highest BCUT2D eigenvalue weighted by Gasteiger charge is 2.13. The van der Waals surface area contributed by atoms with Crippen molar-refractivity contribution in [3.63, 3.8) is 0 Å². The third kappa shape index (κ3) is 3.32. The summed E-state index contributed by atoms with van der Waals surface area (Å²) in [5.74, 6) is -0.0727. The van der Waals surface area contributed by atoms with Crippen LogP contribution in [0.3, 0.4) is 0 Å². The van der Waals surface area contributed by atoms with Crippen molar-refractivity contribution in [3.05, 3.63) is 33.8 Å². The predicted molar refractivity (Wildman–Crippen MR) is 67.5 cm³/mol. The van der Waals surface area contributed by atoms with Crippen LogP contribution >= 0.6 is 15.9 Å². The van der Waals surface area contributed by atoms with Gasteiger partial charge in [-0.25, -0.2) is 0 Å². The van der Waals surface area contributed by atoms with Crippen LogP contribution in [0.1, 0.15) is 22.8 Å². The first kappa shape index (κ1) is 13.2. The van der Waals surface area contributed by atoms with Crippen LogP contribution in [-0.4, -0.2) is 35.6 Å². The van der Waals surface area contributed by atoms with Gasteiger partial charge >= 0.3 is 0 Å². The maximum absolute atomic E-state index is 11.9. The molecule has 0 fully saturated rings. The summed E-state index contributed by atoms with van der Waals surface area (Å²) in [6, 6.07) is 5.47. The summed E-state index contributed by atoms with van der Waals surface area (Å²) in [4.78, 5) is 13.5. The molecule has 0 saturated heterocycles. The van der Waals surface area contributed by atoms with E-state index in [-0.39, 0.29) is 5.91 Å².